The SMILES string of the molecule is C[C@@H](Oc1ccccc1F)C(=O)N1CCC(c2cc(=O)[nH]c(-c3cnccn3)n2)CC1. The summed E-state index contributed by atoms with van der Waals surface area (Å²) in [5, 5.41) is 0. The second-order valence-corrected chi connectivity index (χ2v) is 7.40. The minimum atomic E-state index is -0.797. The molecule has 1 saturated heterocycles. The van der Waals surface area contributed by atoms with Gasteiger partial charge in [-0.05, 0) is 31.9 Å². The number of nitrogens with one attached hydrogen (secondary N) is 1. The smallest absolute Gasteiger partial charge is 0.263 e. The summed E-state index contributed by atoms with van der Waals surface area (Å²) in [5.41, 5.74) is 0.913. The number of aromatic nitrogens is 4. The van der Waals surface area contributed by atoms with Crippen molar-refractivity contribution in [2.24, 2.45) is 0 Å². The molecule has 8 nitrogen and oxygen atoms in total. The third kappa shape index (κ3) is 4.76. The van der Waals surface area contributed by atoms with E-state index in [1.54, 1.807) is 36.4 Å². The third-order valence-electron chi connectivity index (χ3n) is 5.28. The molecule has 0 radical (unpaired) electrons. The van der Waals surface area contributed by atoms with Gasteiger partial charge in [0.2, 0.25) is 0 Å². The highest BCUT2D eigenvalue weighted by atomic mass is 19.1. The number of nitrogens with zero attached hydrogens (tertiary/aromatic N) is 4. The number of aromatic amines is 1. The number of piperidine rings is 1. The Bertz CT molecular complexity index is 1110. The number of rotatable bonds is 5. The summed E-state index contributed by atoms with van der Waals surface area (Å²) < 4.78 is 19.3. The molecule has 4 rings (SSSR count). The summed E-state index contributed by atoms with van der Waals surface area (Å²) in [6.07, 6.45) is 5.16. The molecule has 1 fully saturated rings. The Morgan fingerprint density at radius 2 is 2.03 bits per heavy atom. The Balaban J connectivity index is 1.41. The van der Waals surface area contributed by atoms with Crippen LogP contribution in [0.4, 0.5) is 4.39 Å². The van der Waals surface area contributed by atoms with Crippen molar-refractivity contribution in [2.45, 2.75) is 31.8 Å². The van der Waals surface area contributed by atoms with Crippen molar-refractivity contribution in [1.82, 2.24) is 24.8 Å². The maximum absolute atomic E-state index is 13.8. The van der Waals surface area contributed by atoms with E-state index in [9.17, 15) is 14.0 Å². The molecule has 1 atom stereocenters. The molecule has 1 N–H and O–H groups in total. The van der Waals surface area contributed by atoms with Crippen LogP contribution in [-0.4, -0.2) is 49.9 Å². The van der Waals surface area contributed by atoms with Crippen molar-refractivity contribution in [3.05, 3.63) is 70.8 Å². The lowest BCUT2D eigenvalue weighted by atomic mass is 9.93. The molecule has 1 aliphatic rings. The van der Waals surface area contributed by atoms with Crippen LogP contribution in [0.25, 0.3) is 11.5 Å². The van der Waals surface area contributed by atoms with Crippen LogP contribution >= 0.6 is 0 Å². The average Bonchev–Trinajstić information content (AvgIpc) is 2.80. The van der Waals surface area contributed by atoms with Crippen LogP contribution in [0.1, 0.15) is 31.4 Å². The molecule has 0 aliphatic carbocycles. The Hall–Kier alpha value is -3.62. The largest absolute Gasteiger partial charge is 0.478 e. The van der Waals surface area contributed by atoms with Crippen LogP contribution in [-0.2, 0) is 4.79 Å². The Kier molecular flexibility index (Phi) is 6.01. The summed E-state index contributed by atoms with van der Waals surface area (Å²) in [6.45, 7) is 2.62. The van der Waals surface area contributed by atoms with Gasteiger partial charge in [-0.3, -0.25) is 14.6 Å². The average molecular weight is 423 g/mol. The highest BCUT2D eigenvalue weighted by Gasteiger charge is 2.29. The van der Waals surface area contributed by atoms with Crippen LogP contribution in [0.15, 0.2) is 53.7 Å². The second kappa shape index (κ2) is 9.03. The molecule has 2 aromatic heterocycles. The molecule has 31 heavy (non-hydrogen) atoms. The van der Waals surface area contributed by atoms with Crippen LogP contribution in [0.5, 0.6) is 5.75 Å². The van der Waals surface area contributed by atoms with E-state index in [1.807, 2.05) is 0 Å². The first kappa shape index (κ1) is 20.6. The van der Waals surface area contributed by atoms with Crippen LogP contribution in [0, 0.1) is 5.82 Å². The van der Waals surface area contributed by atoms with Gasteiger partial charge in [0.1, 0.15) is 5.69 Å². The quantitative estimate of drug-likeness (QED) is 0.677. The van der Waals surface area contributed by atoms with E-state index in [0.717, 1.165) is 0 Å². The fraction of sp³-hybridized carbons (Fsp3) is 0.318. The van der Waals surface area contributed by atoms with E-state index < -0.39 is 11.9 Å². The molecular weight excluding hydrogens is 401 g/mol. The number of halogens is 1. The monoisotopic (exact) mass is 423 g/mol. The van der Waals surface area contributed by atoms with E-state index in [4.69, 9.17) is 4.74 Å². The number of amides is 1. The predicted molar refractivity (Wildman–Crippen MR) is 111 cm³/mol. The number of para-hydroxylation sites is 1. The van der Waals surface area contributed by atoms with Crippen LogP contribution < -0.4 is 10.3 Å². The summed E-state index contributed by atoms with van der Waals surface area (Å²) in [5.74, 6) is -0.214. The number of H-pyrrole nitrogens is 1. The zero-order valence-electron chi connectivity index (χ0n) is 17.0. The molecule has 3 aromatic rings. The predicted octanol–water partition coefficient (Wildman–Crippen LogP) is 2.54. The fourth-order valence-corrected chi connectivity index (χ4v) is 3.66. The minimum Gasteiger partial charge on any atom is -0.478 e. The highest BCUT2D eigenvalue weighted by molar-refractivity contribution is 5.81. The van der Waals surface area contributed by atoms with Crippen molar-refractivity contribution < 1.29 is 13.9 Å². The van der Waals surface area contributed by atoms with Crippen LogP contribution in [0.2, 0.25) is 0 Å². The summed E-state index contributed by atoms with van der Waals surface area (Å²) in [7, 11) is 0. The molecule has 3 heterocycles. The van der Waals surface area contributed by atoms with Gasteiger partial charge in [-0.25, -0.2) is 14.4 Å². The van der Waals surface area contributed by atoms with E-state index >= 15 is 0 Å². The number of likely N-dealkylation sites (tertiary alicyclic amines) is 1. The number of ether oxygens (including phenoxy) is 1. The lowest BCUT2D eigenvalue weighted by Crippen LogP contribution is -2.44. The van der Waals surface area contributed by atoms with Crippen molar-refractivity contribution in [1.29, 1.82) is 0 Å². The van der Waals surface area contributed by atoms with E-state index in [1.165, 1.54) is 24.4 Å². The molecule has 1 aliphatic heterocycles. The Morgan fingerprint density at radius 1 is 1.26 bits per heavy atom. The molecule has 0 bridgehead atoms. The second-order valence-electron chi connectivity index (χ2n) is 7.40. The zero-order chi connectivity index (χ0) is 21.8. The van der Waals surface area contributed by atoms with Crippen molar-refractivity contribution in [3.63, 3.8) is 0 Å². The molecule has 1 aromatic carbocycles. The Morgan fingerprint density at radius 3 is 2.74 bits per heavy atom. The third-order valence-corrected chi connectivity index (χ3v) is 5.28. The van der Waals surface area contributed by atoms with Gasteiger partial charge in [0.15, 0.2) is 23.5 Å². The van der Waals surface area contributed by atoms with Gasteiger partial charge in [0, 0.05) is 37.5 Å². The van der Waals surface area contributed by atoms with Crippen molar-refractivity contribution in [3.8, 4) is 17.3 Å². The molecule has 9 heteroatoms. The standard InChI is InChI=1S/C22H22FN5O3/c1-14(31-19-5-3-2-4-16(19)23)22(30)28-10-6-15(7-11-28)17-12-20(29)27-21(26-17)18-13-24-8-9-25-18/h2-5,8-9,12-15H,6-7,10-11H2,1H3,(H,26,27,29)/t14-/m1/s1. The maximum Gasteiger partial charge on any atom is 0.263 e. The minimum absolute atomic E-state index is 0.0459. The first-order valence-corrected chi connectivity index (χ1v) is 10.1. The summed E-state index contributed by atoms with van der Waals surface area (Å²) in [6, 6.07) is 7.51. The summed E-state index contributed by atoms with van der Waals surface area (Å²) >= 11 is 0. The maximum atomic E-state index is 13.8. The molecule has 0 spiro atoms. The normalized spacial score (nSPS) is 15.5. The van der Waals surface area contributed by atoms with Crippen molar-refractivity contribution >= 4 is 5.91 Å². The van der Waals surface area contributed by atoms with Gasteiger partial charge in [-0.1, -0.05) is 12.1 Å². The van der Waals surface area contributed by atoms with Gasteiger partial charge >= 0.3 is 0 Å². The first-order chi connectivity index (χ1) is 15.0. The molecule has 0 saturated carbocycles. The Labute approximate surface area is 178 Å². The van der Waals surface area contributed by atoms with E-state index in [-0.39, 0.29) is 23.1 Å². The van der Waals surface area contributed by atoms with Gasteiger partial charge in [0.25, 0.3) is 11.5 Å². The van der Waals surface area contributed by atoms with Gasteiger partial charge < -0.3 is 14.6 Å². The number of carbonyl (C=O) groups excluding carboxylic acids is 1. The first-order valence-electron chi connectivity index (χ1n) is 10.1. The van der Waals surface area contributed by atoms with Gasteiger partial charge in [-0.2, -0.15) is 0 Å². The number of hydrogen-bond acceptors (Lipinski definition) is 6. The molecular formula is C22H22FN5O3. The number of hydrogen-bond donors (Lipinski definition) is 1. The van der Waals surface area contributed by atoms with E-state index in [0.29, 0.717) is 43.1 Å². The zero-order valence-corrected chi connectivity index (χ0v) is 17.0. The lowest BCUT2D eigenvalue weighted by molar-refractivity contribution is -0.139. The molecule has 160 valence electrons. The van der Waals surface area contributed by atoms with Crippen LogP contribution in [0.3, 0.4) is 0 Å². The summed E-state index contributed by atoms with van der Waals surface area (Å²) in [4.78, 5) is 42.0. The highest BCUT2D eigenvalue weighted by Crippen LogP contribution is 2.27. The molecule has 0 unspecified atom stereocenters. The number of benzene rings is 1. The van der Waals surface area contributed by atoms with Gasteiger partial charge in [0.05, 0.1) is 11.9 Å². The lowest BCUT2D eigenvalue weighted by Gasteiger charge is -2.33. The van der Waals surface area contributed by atoms with Crippen molar-refractivity contribution in [2.75, 3.05) is 13.1 Å². The fourth-order valence-electron chi connectivity index (χ4n) is 3.66. The molecule has 1 amide bonds. The topological polar surface area (TPSA) is 101 Å². The van der Waals surface area contributed by atoms with Gasteiger partial charge in [-0.15, -0.1) is 0 Å². The number of carbonyl (C=O) groups is 1. The van der Waals surface area contributed by atoms with E-state index in [2.05, 4.69) is 19.9 Å².